The van der Waals surface area contributed by atoms with E-state index in [0.717, 1.165) is 0 Å². The summed E-state index contributed by atoms with van der Waals surface area (Å²) < 4.78 is 0. The highest BCUT2D eigenvalue weighted by molar-refractivity contribution is 5.94. The van der Waals surface area contributed by atoms with Gasteiger partial charge in [0, 0.05) is 29.8 Å². The standard InChI is InChI=1S/C10H12N2/c1-7-6-12-9-5-3-4-8(11-2)10(7)9/h3-6,11-12H,1-2H3. The smallest absolute Gasteiger partial charge is 0.0477 e. The van der Waals surface area contributed by atoms with Crippen LogP contribution in [0.3, 0.4) is 0 Å². The van der Waals surface area contributed by atoms with Crippen molar-refractivity contribution < 1.29 is 0 Å². The SMILES string of the molecule is CNc1cccc2[nH]cc(C)c12. The predicted octanol–water partition coefficient (Wildman–Crippen LogP) is 2.52. The Balaban J connectivity index is 2.84. The van der Waals surface area contributed by atoms with Crippen molar-refractivity contribution >= 4 is 16.6 Å². The van der Waals surface area contributed by atoms with Gasteiger partial charge in [-0.3, -0.25) is 0 Å². The average Bonchev–Trinajstić information content (AvgIpc) is 2.48. The lowest BCUT2D eigenvalue weighted by molar-refractivity contribution is 1.43. The zero-order valence-electron chi connectivity index (χ0n) is 7.31. The Morgan fingerprint density at radius 3 is 2.92 bits per heavy atom. The van der Waals surface area contributed by atoms with E-state index in [0.29, 0.717) is 0 Å². The first-order valence-corrected chi connectivity index (χ1v) is 4.07. The van der Waals surface area contributed by atoms with E-state index in [1.54, 1.807) is 0 Å². The van der Waals surface area contributed by atoms with Crippen molar-refractivity contribution in [3.8, 4) is 0 Å². The zero-order chi connectivity index (χ0) is 8.55. The van der Waals surface area contributed by atoms with E-state index in [9.17, 15) is 0 Å². The molecule has 0 atom stereocenters. The lowest BCUT2D eigenvalue weighted by atomic mass is 10.1. The second-order valence-corrected chi connectivity index (χ2v) is 2.95. The predicted molar refractivity (Wildman–Crippen MR) is 52.6 cm³/mol. The van der Waals surface area contributed by atoms with Crippen molar-refractivity contribution in [1.82, 2.24) is 4.98 Å². The van der Waals surface area contributed by atoms with Gasteiger partial charge in [0.25, 0.3) is 0 Å². The van der Waals surface area contributed by atoms with Crippen LogP contribution in [-0.2, 0) is 0 Å². The summed E-state index contributed by atoms with van der Waals surface area (Å²) in [7, 11) is 1.95. The fourth-order valence-electron chi connectivity index (χ4n) is 1.56. The fraction of sp³-hybridized carbons (Fsp3) is 0.200. The van der Waals surface area contributed by atoms with Crippen LogP contribution in [0.5, 0.6) is 0 Å². The first-order valence-electron chi connectivity index (χ1n) is 4.07. The molecule has 1 aromatic heterocycles. The van der Waals surface area contributed by atoms with E-state index in [1.165, 1.54) is 22.2 Å². The van der Waals surface area contributed by atoms with Gasteiger partial charge in [-0.05, 0) is 24.6 Å². The van der Waals surface area contributed by atoms with Crippen LogP contribution in [0.2, 0.25) is 0 Å². The average molecular weight is 160 g/mol. The number of H-pyrrole nitrogens is 1. The zero-order valence-corrected chi connectivity index (χ0v) is 7.31. The minimum atomic E-state index is 1.19. The highest BCUT2D eigenvalue weighted by Gasteiger charge is 2.02. The maximum Gasteiger partial charge on any atom is 0.0477 e. The number of aromatic nitrogens is 1. The molecule has 0 saturated heterocycles. The van der Waals surface area contributed by atoms with Crippen LogP contribution in [-0.4, -0.2) is 12.0 Å². The van der Waals surface area contributed by atoms with Crippen LogP contribution in [0.4, 0.5) is 5.69 Å². The summed E-state index contributed by atoms with van der Waals surface area (Å²) in [5.74, 6) is 0. The largest absolute Gasteiger partial charge is 0.388 e. The van der Waals surface area contributed by atoms with E-state index in [1.807, 2.05) is 19.3 Å². The van der Waals surface area contributed by atoms with Gasteiger partial charge in [0.15, 0.2) is 0 Å². The fourth-order valence-corrected chi connectivity index (χ4v) is 1.56. The number of aryl methyl sites for hydroxylation is 1. The van der Waals surface area contributed by atoms with Crippen LogP contribution in [0.1, 0.15) is 5.56 Å². The van der Waals surface area contributed by atoms with Gasteiger partial charge in [0.05, 0.1) is 0 Å². The number of rotatable bonds is 1. The first-order chi connectivity index (χ1) is 5.83. The topological polar surface area (TPSA) is 27.8 Å². The van der Waals surface area contributed by atoms with Crippen LogP contribution in [0.25, 0.3) is 10.9 Å². The molecule has 1 heterocycles. The molecular formula is C10H12N2. The second kappa shape index (κ2) is 2.55. The van der Waals surface area contributed by atoms with Crippen LogP contribution in [0, 0.1) is 6.92 Å². The quantitative estimate of drug-likeness (QED) is 0.659. The van der Waals surface area contributed by atoms with Gasteiger partial charge in [-0.1, -0.05) is 6.07 Å². The molecule has 0 radical (unpaired) electrons. The van der Waals surface area contributed by atoms with Gasteiger partial charge in [0.1, 0.15) is 0 Å². The van der Waals surface area contributed by atoms with Crippen molar-refractivity contribution in [3.05, 3.63) is 30.0 Å². The maximum atomic E-state index is 3.22. The molecule has 0 unspecified atom stereocenters. The summed E-state index contributed by atoms with van der Waals surface area (Å²) in [6, 6.07) is 6.22. The molecule has 0 amide bonds. The van der Waals surface area contributed by atoms with Crippen molar-refractivity contribution in [2.24, 2.45) is 0 Å². The van der Waals surface area contributed by atoms with Crippen molar-refractivity contribution in [3.63, 3.8) is 0 Å². The van der Waals surface area contributed by atoms with Gasteiger partial charge in [-0.15, -0.1) is 0 Å². The summed E-state index contributed by atoms with van der Waals surface area (Å²) in [4.78, 5) is 3.22. The summed E-state index contributed by atoms with van der Waals surface area (Å²) in [5.41, 5.74) is 3.67. The van der Waals surface area contributed by atoms with E-state index in [-0.39, 0.29) is 0 Å². The van der Waals surface area contributed by atoms with Gasteiger partial charge in [-0.25, -0.2) is 0 Å². The monoisotopic (exact) mass is 160 g/mol. The van der Waals surface area contributed by atoms with Crippen molar-refractivity contribution in [2.45, 2.75) is 6.92 Å². The minimum absolute atomic E-state index is 1.19. The molecular weight excluding hydrogens is 148 g/mol. The van der Waals surface area contributed by atoms with E-state index in [2.05, 4.69) is 29.4 Å². The number of anilines is 1. The lowest BCUT2D eigenvalue weighted by Crippen LogP contribution is -1.88. The first kappa shape index (κ1) is 7.22. The second-order valence-electron chi connectivity index (χ2n) is 2.95. The molecule has 0 aliphatic heterocycles. The molecule has 2 N–H and O–H groups in total. The molecule has 0 spiro atoms. The molecule has 12 heavy (non-hydrogen) atoms. The van der Waals surface area contributed by atoms with Crippen LogP contribution < -0.4 is 5.32 Å². The van der Waals surface area contributed by atoms with E-state index < -0.39 is 0 Å². The number of fused-ring (bicyclic) bond motifs is 1. The molecule has 0 aliphatic rings. The number of benzene rings is 1. The van der Waals surface area contributed by atoms with Crippen LogP contribution >= 0.6 is 0 Å². The molecule has 2 nitrogen and oxygen atoms in total. The van der Waals surface area contributed by atoms with Crippen LogP contribution in [0.15, 0.2) is 24.4 Å². The molecule has 0 aliphatic carbocycles. The number of hydrogen-bond acceptors (Lipinski definition) is 1. The molecule has 2 heteroatoms. The number of hydrogen-bond donors (Lipinski definition) is 2. The minimum Gasteiger partial charge on any atom is -0.388 e. The lowest BCUT2D eigenvalue weighted by Gasteiger charge is -2.01. The molecule has 0 saturated carbocycles. The number of aromatic amines is 1. The molecule has 2 aromatic rings. The normalized spacial score (nSPS) is 10.5. The molecule has 0 bridgehead atoms. The van der Waals surface area contributed by atoms with Gasteiger partial charge in [0.2, 0.25) is 0 Å². The third-order valence-electron chi connectivity index (χ3n) is 2.17. The van der Waals surface area contributed by atoms with Crippen molar-refractivity contribution in [1.29, 1.82) is 0 Å². The highest BCUT2D eigenvalue weighted by Crippen LogP contribution is 2.25. The van der Waals surface area contributed by atoms with Gasteiger partial charge in [-0.2, -0.15) is 0 Å². The third kappa shape index (κ3) is 0.881. The maximum absolute atomic E-state index is 3.22. The summed E-state index contributed by atoms with van der Waals surface area (Å²) in [5, 5.41) is 4.47. The molecule has 62 valence electrons. The Morgan fingerprint density at radius 1 is 1.33 bits per heavy atom. The summed E-state index contributed by atoms with van der Waals surface area (Å²) in [6.45, 7) is 2.11. The molecule has 1 aromatic carbocycles. The highest BCUT2D eigenvalue weighted by atomic mass is 14.8. The van der Waals surface area contributed by atoms with Crippen molar-refractivity contribution in [2.75, 3.05) is 12.4 Å². The summed E-state index contributed by atoms with van der Waals surface area (Å²) >= 11 is 0. The number of nitrogens with one attached hydrogen (secondary N) is 2. The Hall–Kier alpha value is -1.44. The van der Waals surface area contributed by atoms with E-state index >= 15 is 0 Å². The molecule has 0 fully saturated rings. The molecule has 2 rings (SSSR count). The van der Waals surface area contributed by atoms with Gasteiger partial charge < -0.3 is 10.3 Å². The Kier molecular flexibility index (Phi) is 1.54. The van der Waals surface area contributed by atoms with Gasteiger partial charge >= 0.3 is 0 Å². The Bertz CT molecular complexity index is 401. The third-order valence-corrected chi connectivity index (χ3v) is 2.17. The Labute approximate surface area is 71.6 Å². The summed E-state index contributed by atoms with van der Waals surface area (Å²) in [6.07, 6.45) is 2.03. The Morgan fingerprint density at radius 2 is 2.17 bits per heavy atom. The van der Waals surface area contributed by atoms with E-state index in [4.69, 9.17) is 0 Å².